The maximum absolute atomic E-state index is 12.9. The number of nitrogens with zero attached hydrogens (tertiary/aromatic N) is 2. The lowest BCUT2D eigenvalue weighted by Crippen LogP contribution is -3.28. The van der Waals surface area contributed by atoms with Crippen LogP contribution in [0.3, 0.4) is 0 Å². The molecule has 1 atom stereocenters. The van der Waals surface area contributed by atoms with Crippen molar-refractivity contribution in [3.63, 3.8) is 0 Å². The highest BCUT2D eigenvalue weighted by Crippen LogP contribution is 2.20. The zero-order valence-corrected chi connectivity index (χ0v) is 17.3. The van der Waals surface area contributed by atoms with E-state index in [1.807, 2.05) is 38.4 Å². The summed E-state index contributed by atoms with van der Waals surface area (Å²) < 4.78 is 1.27. The van der Waals surface area contributed by atoms with Gasteiger partial charge >= 0.3 is 0 Å². The molecule has 6 heteroatoms. The second-order valence-electron chi connectivity index (χ2n) is 7.74. The van der Waals surface area contributed by atoms with E-state index in [1.165, 1.54) is 14.6 Å². The van der Waals surface area contributed by atoms with E-state index in [9.17, 15) is 4.79 Å². The van der Waals surface area contributed by atoms with E-state index in [1.54, 1.807) is 21.1 Å². The minimum Gasteiger partial charge on any atom is -0.343 e. The monoisotopic (exact) mass is 396 g/mol. The largest absolute Gasteiger partial charge is 0.343 e. The number of benzene rings is 2. The van der Waals surface area contributed by atoms with E-state index >= 15 is 0 Å². The number of para-hydroxylation sites is 1. The first-order valence-electron chi connectivity index (χ1n) is 9.90. The highest BCUT2D eigenvalue weighted by Gasteiger charge is 2.36. The SMILES string of the molecule is CN(C)C(=O)[C@@H](c1ccccc1)[NH+]1CC[NH+](Cc2nc3ccccc3s2)CC1. The average molecular weight is 397 g/mol. The summed E-state index contributed by atoms with van der Waals surface area (Å²) in [6, 6.07) is 18.5. The lowest BCUT2D eigenvalue weighted by molar-refractivity contribution is -1.03. The van der Waals surface area contributed by atoms with Crippen molar-refractivity contribution in [2.45, 2.75) is 12.6 Å². The zero-order valence-electron chi connectivity index (χ0n) is 16.5. The van der Waals surface area contributed by atoms with Gasteiger partial charge in [-0.1, -0.05) is 42.5 Å². The minimum absolute atomic E-state index is 0.111. The molecular formula is C22H28N4OS+2. The van der Waals surface area contributed by atoms with Crippen LogP contribution in [0.25, 0.3) is 10.2 Å². The van der Waals surface area contributed by atoms with Crippen LogP contribution in [0.2, 0.25) is 0 Å². The Labute approximate surface area is 170 Å². The Balaban J connectivity index is 1.43. The Hall–Kier alpha value is -2.28. The first-order chi connectivity index (χ1) is 13.6. The number of likely N-dealkylation sites (N-methyl/N-ethyl adjacent to an activating group) is 1. The third-order valence-corrected chi connectivity index (χ3v) is 6.60. The molecule has 2 heterocycles. The number of aromatic nitrogens is 1. The highest BCUT2D eigenvalue weighted by atomic mass is 32.1. The van der Waals surface area contributed by atoms with E-state index in [0.29, 0.717) is 0 Å². The number of hydrogen-bond acceptors (Lipinski definition) is 3. The Morgan fingerprint density at radius 2 is 1.71 bits per heavy atom. The van der Waals surface area contributed by atoms with Crippen LogP contribution in [0.15, 0.2) is 54.6 Å². The minimum atomic E-state index is -0.111. The van der Waals surface area contributed by atoms with Crippen LogP contribution >= 0.6 is 11.3 Å². The fourth-order valence-electron chi connectivity index (χ4n) is 4.06. The van der Waals surface area contributed by atoms with Gasteiger partial charge in [0.1, 0.15) is 37.7 Å². The Bertz CT molecular complexity index is 899. The number of carbonyl (C=O) groups excluding carboxylic acids is 1. The fraction of sp³-hybridized carbons (Fsp3) is 0.364. The van der Waals surface area contributed by atoms with Gasteiger partial charge in [-0.25, -0.2) is 4.98 Å². The number of amides is 1. The molecule has 28 heavy (non-hydrogen) atoms. The third kappa shape index (κ3) is 4.09. The topological polar surface area (TPSA) is 42.1 Å². The maximum Gasteiger partial charge on any atom is 0.285 e. The summed E-state index contributed by atoms with van der Waals surface area (Å²) in [6.07, 6.45) is 0. The van der Waals surface area contributed by atoms with Crippen molar-refractivity contribution in [1.29, 1.82) is 0 Å². The van der Waals surface area contributed by atoms with Gasteiger partial charge in [-0.3, -0.25) is 4.79 Å². The van der Waals surface area contributed by atoms with Gasteiger partial charge in [-0.05, 0) is 12.1 Å². The molecule has 0 bridgehead atoms. The molecule has 4 rings (SSSR count). The molecule has 0 unspecified atom stereocenters. The number of nitrogens with one attached hydrogen (secondary N) is 2. The van der Waals surface area contributed by atoms with Crippen LogP contribution in [0.4, 0.5) is 0 Å². The van der Waals surface area contributed by atoms with Crippen LogP contribution < -0.4 is 9.80 Å². The summed E-state index contributed by atoms with van der Waals surface area (Å²) in [6.45, 7) is 5.10. The number of carbonyl (C=O) groups is 1. The Morgan fingerprint density at radius 1 is 1.04 bits per heavy atom. The second kappa shape index (κ2) is 8.39. The van der Waals surface area contributed by atoms with Crippen LogP contribution in [0, 0.1) is 0 Å². The zero-order chi connectivity index (χ0) is 19.5. The molecule has 1 aliphatic heterocycles. The standard InChI is InChI=1S/C22H26N4OS/c1-24(2)22(27)21(17-8-4-3-5-9-17)26-14-12-25(13-15-26)16-20-23-18-10-6-7-11-19(18)28-20/h3-11,21H,12-16H2,1-2H3/p+2/t21-/m1/s1. The van der Waals surface area contributed by atoms with Crippen LogP contribution in [0.5, 0.6) is 0 Å². The molecule has 5 nitrogen and oxygen atoms in total. The third-order valence-electron chi connectivity index (χ3n) is 5.57. The van der Waals surface area contributed by atoms with Crippen LogP contribution in [0.1, 0.15) is 16.6 Å². The number of piperazine rings is 1. The van der Waals surface area contributed by atoms with Gasteiger partial charge in [0.05, 0.1) is 10.2 Å². The molecule has 1 aromatic heterocycles. The van der Waals surface area contributed by atoms with E-state index < -0.39 is 0 Å². The van der Waals surface area contributed by atoms with Gasteiger partial charge in [0.2, 0.25) is 0 Å². The molecule has 2 N–H and O–H groups in total. The predicted molar refractivity (Wildman–Crippen MR) is 113 cm³/mol. The number of rotatable bonds is 5. The smallest absolute Gasteiger partial charge is 0.285 e. The molecule has 3 aromatic rings. The van der Waals surface area contributed by atoms with Crippen molar-refractivity contribution < 1.29 is 14.6 Å². The maximum atomic E-state index is 12.9. The molecule has 146 valence electrons. The van der Waals surface area contributed by atoms with Crippen LogP contribution in [-0.4, -0.2) is 56.1 Å². The van der Waals surface area contributed by atoms with Gasteiger partial charge in [-0.2, -0.15) is 0 Å². The summed E-state index contributed by atoms with van der Waals surface area (Å²) >= 11 is 1.80. The summed E-state index contributed by atoms with van der Waals surface area (Å²) in [5.74, 6) is 0.191. The number of hydrogen-bond donors (Lipinski definition) is 2. The lowest BCUT2D eigenvalue weighted by Gasteiger charge is -2.34. The Kier molecular flexibility index (Phi) is 5.71. The summed E-state index contributed by atoms with van der Waals surface area (Å²) in [4.78, 5) is 22.4. The van der Waals surface area contributed by atoms with Gasteiger partial charge in [0.25, 0.3) is 5.91 Å². The van der Waals surface area contributed by atoms with E-state index in [2.05, 4.69) is 30.3 Å². The Morgan fingerprint density at radius 3 is 2.39 bits per heavy atom. The molecule has 1 saturated heterocycles. The molecule has 0 aliphatic carbocycles. The van der Waals surface area contributed by atoms with Crippen molar-refractivity contribution in [3.05, 3.63) is 65.2 Å². The van der Waals surface area contributed by atoms with Gasteiger partial charge in [0, 0.05) is 19.7 Å². The van der Waals surface area contributed by atoms with E-state index in [4.69, 9.17) is 4.98 Å². The lowest BCUT2D eigenvalue weighted by atomic mass is 10.0. The predicted octanol–water partition coefficient (Wildman–Crippen LogP) is 0.409. The molecule has 0 radical (unpaired) electrons. The summed E-state index contributed by atoms with van der Waals surface area (Å²) in [5.41, 5.74) is 2.22. The molecule has 2 aromatic carbocycles. The summed E-state index contributed by atoms with van der Waals surface area (Å²) in [5, 5.41) is 1.21. The van der Waals surface area contributed by atoms with Crippen molar-refractivity contribution >= 4 is 27.5 Å². The van der Waals surface area contributed by atoms with E-state index in [0.717, 1.165) is 43.8 Å². The molecule has 1 aliphatic rings. The van der Waals surface area contributed by atoms with Crippen molar-refractivity contribution in [2.75, 3.05) is 40.3 Å². The molecule has 1 fully saturated rings. The molecule has 0 saturated carbocycles. The van der Waals surface area contributed by atoms with Gasteiger partial charge in [0.15, 0.2) is 6.04 Å². The summed E-state index contributed by atoms with van der Waals surface area (Å²) in [7, 11) is 3.71. The van der Waals surface area contributed by atoms with Crippen molar-refractivity contribution in [2.24, 2.45) is 0 Å². The van der Waals surface area contributed by atoms with Crippen molar-refractivity contribution in [1.82, 2.24) is 9.88 Å². The first kappa shape index (κ1) is 19.1. The number of thiazole rings is 1. The molecule has 1 amide bonds. The highest BCUT2D eigenvalue weighted by molar-refractivity contribution is 7.18. The van der Waals surface area contributed by atoms with E-state index in [-0.39, 0.29) is 11.9 Å². The second-order valence-corrected chi connectivity index (χ2v) is 8.85. The number of quaternary nitrogens is 2. The first-order valence-corrected chi connectivity index (χ1v) is 10.7. The van der Waals surface area contributed by atoms with Crippen molar-refractivity contribution in [3.8, 4) is 0 Å². The van der Waals surface area contributed by atoms with Gasteiger partial charge in [-0.15, -0.1) is 11.3 Å². The fourth-order valence-corrected chi connectivity index (χ4v) is 5.10. The van der Waals surface area contributed by atoms with Crippen LogP contribution in [-0.2, 0) is 11.3 Å². The normalized spacial score (nSPS) is 20.8. The van der Waals surface area contributed by atoms with Gasteiger partial charge < -0.3 is 14.7 Å². The quantitative estimate of drug-likeness (QED) is 0.656. The average Bonchev–Trinajstić information content (AvgIpc) is 3.12. The molecular weight excluding hydrogens is 368 g/mol. The number of fused-ring (bicyclic) bond motifs is 1. The molecule has 0 spiro atoms.